The van der Waals surface area contributed by atoms with Crippen molar-refractivity contribution in [3.05, 3.63) is 54.1 Å². The standard InChI is InChI=1S/C22H24N4O6S/c27-21(24-29)8-5-15-3-1-2-4-19(15)26-11-9-16(10-12-26)25-33(30,31)17-6-7-20-18(13-17)23-22(28)14-32-20/h1-8,13,16,25,29H,9-12,14H2,(H,23,28)(H,24,27)/b8-5+. The van der Waals surface area contributed by atoms with Crippen LogP contribution in [0.1, 0.15) is 18.4 Å². The van der Waals surface area contributed by atoms with Crippen LogP contribution in [0.3, 0.4) is 0 Å². The molecule has 2 aliphatic heterocycles. The molecule has 2 aliphatic rings. The van der Waals surface area contributed by atoms with Gasteiger partial charge in [-0.05, 0) is 48.7 Å². The second kappa shape index (κ2) is 9.61. The van der Waals surface area contributed by atoms with E-state index in [9.17, 15) is 18.0 Å². The number of amides is 2. The van der Waals surface area contributed by atoms with Crippen LogP contribution in [0.15, 0.2) is 53.4 Å². The van der Waals surface area contributed by atoms with Gasteiger partial charge in [0.15, 0.2) is 6.61 Å². The Kier molecular flexibility index (Phi) is 6.63. The summed E-state index contributed by atoms with van der Waals surface area (Å²) in [5, 5.41) is 11.3. The predicted octanol–water partition coefficient (Wildman–Crippen LogP) is 1.48. The van der Waals surface area contributed by atoms with E-state index in [4.69, 9.17) is 9.94 Å². The summed E-state index contributed by atoms with van der Waals surface area (Å²) >= 11 is 0. The van der Waals surface area contributed by atoms with Crippen molar-refractivity contribution in [2.45, 2.75) is 23.8 Å². The molecular weight excluding hydrogens is 448 g/mol. The number of fused-ring (bicyclic) bond motifs is 1. The molecule has 2 heterocycles. The summed E-state index contributed by atoms with van der Waals surface area (Å²) < 4.78 is 33.9. The summed E-state index contributed by atoms with van der Waals surface area (Å²) in [4.78, 5) is 25.0. The van der Waals surface area contributed by atoms with Gasteiger partial charge in [0, 0.05) is 30.9 Å². The number of hydroxylamine groups is 1. The second-order valence-corrected chi connectivity index (χ2v) is 9.46. The topological polar surface area (TPSA) is 137 Å². The number of nitrogens with one attached hydrogen (secondary N) is 3. The van der Waals surface area contributed by atoms with E-state index >= 15 is 0 Å². The van der Waals surface area contributed by atoms with E-state index in [-0.39, 0.29) is 23.5 Å². The normalized spacial score (nSPS) is 16.8. The maximum absolute atomic E-state index is 12.9. The van der Waals surface area contributed by atoms with Crippen LogP contribution in [-0.4, -0.2) is 51.2 Å². The van der Waals surface area contributed by atoms with Gasteiger partial charge in [-0.15, -0.1) is 0 Å². The lowest BCUT2D eigenvalue weighted by atomic mass is 10.0. The van der Waals surface area contributed by atoms with E-state index in [0.29, 0.717) is 37.4 Å². The molecule has 4 rings (SSSR count). The van der Waals surface area contributed by atoms with Crippen molar-refractivity contribution in [1.82, 2.24) is 10.2 Å². The zero-order valence-corrected chi connectivity index (χ0v) is 18.5. The molecule has 0 radical (unpaired) electrons. The third-order valence-corrected chi connectivity index (χ3v) is 7.03. The third kappa shape index (κ3) is 5.33. The Balaban J connectivity index is 1.41. The van der Waals surface area contributed by atoms with Crippen LogP contribution in [0.4, 0.5) is 11.4 Å². The van der Waals surface area contributed by atoms with E-state index in [1.54, 1.807) is 11.6 Å². The lowest BCUT2D eigenvalue weighted by molar-refractivity contribution is -0.124. The summed E-state index contributed by atoms with van der Waals surface area (Å²) in [5.41, 5.74) is 3.64. The molecule has 10 nitrogen and oxygen atoms in total. The van der Waals surface area contributed by atoms with Crippen LogP contribution in [0.2, 0.25) is 0 Å². The van der Waals surface area contributed by atoms with Crippen LogP contribution in [0.5, 0.6) is 5.75 Å². The molecule has 0 aliphatic carbocycles. The minimum absolute atomic E-state index is 0.0622. The summed E-state index contributed by atoms with van der Waals surface area (Å²) in [6.07, 6.45) is 4.05. The molecule has 11 heteroatoms. The number of benzene rings is 2. The maximum atomic E-state index is 12.9. The molecule has 4 N–H and O–H groups in total. The zero-order chi connectivity index (χ0) is 23.4. The van der Waals surface area contributed by atoms with Crippen LogP contribution in [-0.2, 0) is 19.6 Å². The summed E-state index contributed by atoms with van der Waals surface area (Å²) in [7, 11) is -3.78. The molecule has 0 unspecified atom stereocenters. The van der Waals surface area contributed by atoms with Crippen molar-refractivity contribution < 1.29 is 28.0 Å². The largest absolute Gasteiger partial charge is 0.482 e. The van der Waals surface area contributed by atoms with Gasteiger partial charge >= 0.3 is 0 Å². The summed E-state index contributed by atoms with van der Waals surface area (Å²) in [6.45, 7) is 1.15. The highest BCUT2D eigenvalue weighted by Gasteiger charge is 2.27. The van der Waals surface area contributed by atoms with E-state index < -0.39 is 15.9 Å². The lowest BCUT2D eigenvalue weighted by Crippen LogP contribution is -2.44. The molecule has 0 spiro atoms. The number of carbonyl (C=O) groups is 2. The number of sulfonamides is 1. The predicted molar refractivity (Wildman–Crippen MR) is 122 cm³/mol. The van der Waals surface area contributed by atoms with Crippen molar-refractivity contribution in [2.24, 2.45) is 0 Å². The molecule has 2 amide bonds. The number of ether oxygens (including phenoxy) is 1. The van der Waals surface area contributed by atoms with Gasteiger partial charge in [-0.3, -0.25) is 14.8 Å². The summed E-state index contributed by atoms with van der Waals surface area (Å²) in [6, 6.07) is 11.7. The Bertz CT molecular complexity index is 1190. The van der Waals surface area contributed by atoms with Gasteiger partial charge in [0.25, 0.3) is 11.8 Å². The average molecular weight is 473 g/mol. The fourth-order valence-electron chi connectivity index (χ4n) is 3.87. The molecule has 0 atom stereocenters. The van der Waals surface area contributed by atoms with Crippen LogP contribution in [0, 0.1) is 0 Å². The average Bonchev–Trinajstić information content (AvgIpc) is 2.82. The fraction of sp³-hybridized carbons (Fsp3) is 0.273. The first-order valence-corrected chi connectivity index (χ1v) is 11.9. The molecule has 174 valence electrons. The molecule has 2 aromatic rings. The van der Waals surface area contributed by atoms with E-state index in [0.717, 1.165) is 11.3 Å². The Morgan fingerprint density at radius 3 is 2.70 bits per heavy atom. The molecule has 1 saturated heterocycles. The van der Waals surface area contributed by atoms with E-state index in [1.165, 1.54) is 24.3 Å². The minimum Gasteiger partial charge on any atom is -0.482 e. The third-order valence-electron chi connectivity index (χ3n) is 5.51. The van der Waals surface area contributed by atoms with Gasteiger partial charge in [0.2, 0.25) is 10.0 Å². The Hall–Kier alpha value is -3.41. The molecule has 0 aromatic heterocycles. The number of carbonyl (C=O) groups excluding carboxylic acids is 2. The number of para-hydroxylation sites is 1. The quantitative estimate of drug-likeness (QED) is 0.284. The van der Waals surface area contributed by atoms with Gasteiger partial charge in [-0.25, -0.2) is 18.6 Å². The minimum atomic E-state index is -3.78. The first-order valence-electron chi connectivity index (χ1n) is 10.4. The number of anilines is 2. The van der Waals surface area contributed by atoms with Crippen molar-refractivity contribution in [2.75, 3.05) is 29.9 Å². The maximum Gasteiger partial charge on any atom is 0.267 e. The van der Waals surface area contributed by atoms with Crippen LogP contribution >= 0.6 is 0 Å². The number of piperidine rings is 1. The Labute approximate surface area is 191 Å². The molecule has 0 saturated carbocycles. The molecule has 1 fully saturated rings. The van der Waals surface area contributed by atoms with Gasteiger partial charge in [0.1, 0.15) is 5.75 Å². The van der Waals surface area contributed by atoms with E-state index in [2.05, 4.69) is 14.9 Å². The Morgan fingerprint density at radius 2 is 1.94 bits per heavy atom. The highest BCUT2D eigenvalue weighted by atomic mass is 32.2. The van der Waals surface area contributed by atoms with Gasteiger partial charge in [-0.1, -0.05) is 18.2 Å². The fourth-order valence-corrected chi connectivity index (χ4v) is 5.21. The summed E-state index contributed by atoms with van der Waals surface area (Å²) in [5.74, 6) is -0.512. The Morgan fingerprint density at radius 1 is 1.18 bits per heavy atom. The van der Waals surface area contributed by atoms with E-state index in [1.807, 2.05) is 24.3 Å². The molecule has 2 aromatic carbocycles. The van der Waals surface area contributed by atoms with Crippen molar-refractivity contribution >= 4 is 39.3 Å². The number of hydrogen-bond acceptors (Lipinski definition) is 7. The SMILES string of the molecule is O=C(/C=C/c1ccccc1N1CCC(NS(=O)(=O)c2ccc3c(c2)NC(=O)CO3)CC1)NO. The molecule has 0 bridgehead atoms. The number of hydrogen-bond donors (Lipinski definition) is 4. The smallest absolute Gasteiger partial charge is 0.267 e. The van der Waals surface area contributed by atoms with Gasteiger partial charge in [-0.2, -0.15) is 0 Å². The van der Waals surface area contributed by atoms with Crippen molar-refractivity contribution in [1.29, 1.82) is 0 Å². The van der Waals surface area contributed by atoms with Crippen molar-refractivity contribution in [3.8, 4) is 5.75 Å². The lowest BCUT2D eigenvalue weighted by Gasteiger charge is -2.34. The molecule has 33 heavy (non-hydrogen) atoms. The van der Waals surface area contributed by atoms with Crippen LogP contribution < -0.4 is 25.2 Å². The first kappa shape index (κ1) is 22.8. The van der Waals surface area contributed by atoms with Crippen LogP contribution in [0.25, 0.3) is 6.08 Å². The zero-order valence-electron chi connectivity index (χ0n) is 17.7. The molecular formula is C22H24N4O6S. The van der Waals surface area contributed by atoms with Crippen molar-refractivity contribution in [3.63, 3.8) is 0 Å². The van der Waals surface area contributed by atoms with Gasteiger partial charge < -0.3 is 15.0 Å². The van der Waals surface area contributed by atoms with Gasteiger partial charge in [0.05, 0.1) is 10.6 Å². The number of nitrogens with zero attached hydrogens (tertiary/aromatic N) is 1. The second-order valence-electron chi connectivity index (χ2n) is 7.75. The number of rotatable bonds is 6. The monoisotopic (exact) mass is 472 g/mol. The highest BCUT2D eigenvalue weighted by Crippen LogP contribution is 2.31. The first-order chi connectivity index (χ1) is 15.9. The highest BCUT2D eigenvalue weighted by molar-refractivity contribution is 7.89.